The zero-order valence-electron chi connectivity index (χ0n) is 11.7. The van der Waals surface area contributed by atoms with Crippen LogP contribution in [0.25, 0.3) is 0 Å². The maximum absolute atomic E-state index is 8.89. The highest BCUT2D eigenvalue weighted by atomic mass is 16.5. The van der Waals surface area contributed by atoms with Crippen LogP contribution in [0.15, 0.2) is 4.52 Å². The summed E-state index contributed by atoms with van der Waals surface area (Å²) in [4.78, 5) is 4.48. The molecule has 2 heterocycles. The van der Waals surface area contributed by atoms with Crippen molar-refractivity contribution in [2.45, 2.75) is 51.9 Å². The number of aromatic nitrogens is 2. The number of nitriles is 1. The molecule has 2 atom stereocenters. The minimum absolute atomic E-state index is 0.0817. The predicted octanol–water partition coefficient (Wildman–Crippen LogP) is 2.84. The van der Waals surface area contributed by atoms with E-state index in [9.17, 15) is 0 Å². The lowest BCUT2D eigenvalue weighted by Gasteiger charge is -2.22. The van der Waals surface area contributed by atoms with Gasteiger partial charge in [0.25, 0.3) is 0 Å². The van der Waals surface area contributed by atoms with E-state index in [1.54, 1.807) is 0 Å². The normalized spacial score (nSPS) is 22.7. The van der Waals surface area contributed by atoms with E-state index >= 15 is 0 Å². The van der Waals surface area contributed by atoms with Gasteiger partial charge in [-0.25, -0.2) is 0 Å². The van der Waals surface area contributed by atoms with Crippen LogP contribution < -0.4 is 0 Å². The number of hydrogen-bond donors (Lipinski definition) is 0. The average Bonchev–Trinajstić information content (AvgIpc) is 2.88. The molecule has 0 amide bonds. The molecule has 0 bridgehead atoms. The van der Waals surface area contributed by atoms with Gasteiger partial charge >= 0.3 is 0 Å². The molecule has 5 heteroatoms. The first kappa shape index (κ1) is 14.0. The monoisotopic (exact) mass is 263 g/mol. The highest BCUT2D eigenvalue weighted by Crippen LogP contribution is 2.30. The van der Waals surface area contributed by atoms with E-state index in [2.05, 4.69) is 30.1 Å². The van der Waals surface area contributed by atoms with E-state index in [0.717, 1.165) is 31.7 Å². The highest BCUT2D eigenvalue weighted by molar-refractivity contribution is 4.99. The van der Waals surface area contributed by atoms with Crippen molar-refractivity contribution < 1.29 is 9.26 Å². The number of hydrogen-bond acceptors (Lipinski definition) is 5. The topological polar surface area (TPSA) is 71.9 Å². The fourth-order valence-corrected chi connectivity index (χ4v) is 2.32. The van der Waals surface area contributed by atoms with Gasteiger partial charge < -0.3 is 9.26 Å². The van der Waals surface area contributed by atoms with Crippen molar-refractivity contribution in [3.63, 3.8) is 0 Å². The summed E-state index contributed by atoms with van der Waals surface area (Å²) in [6.45, 7) is 5.69. The lowest BCUT2D eigenvalue weighted by Crippen LogP contribution is -2.19. The average molecular weight is 263 g/mol. The Balaban J connectivity index is 2.02. The molecule has 2 unspecified atom stereocenters. The molecule has 0 radical (unpaired) electrons. The predicted molar refractivity (Wildman–Crippen MR) is 69.4 cm³/mol. The SMILES string of the molecule is CCC(C)(CC#N)Cc1nc(C2CCCOC2)no1. The first-order valence-electron chi connectivity index (χ1n) is 6.94. The Hall–Kier alpha value is -1.41. The van der Waals surface area contributed by atoms with Gasteiger partial charge in [-0.1, -0.05) is 19.0 Å². The summed E-state index contributed by atoms with van der Waals surface area (Å²) in [7, 11) is 0. The molecule has 104 valence electrons. The lowest BCUT2D eigenvalue weighted by atomic mass is 9.81. The fourth-order valence-electron chi connectivity index (χ4n) is 2.32. The molecule has 0 aliphatic carbocycles. The number of rotatable bonds is 5. The van der Waals surface area contributed by atoms with Crippen LogP contribution >= 0.6 is 0 Å². The molecule has 0 aromatic carbocycles. The molecular weight excluding hydrogens is 242 g/mol. The Morgan fingerprint density at radius 1 is 1.53 bits per heavy atom. The second-order valence-corrected chi connectivity index (χ2v) is 5.64. The van der Waals surface area contributed by atoms with Gasteiger partial charge in [0, 0.05) is 25.4 Å². The number of nitrogens with zero attached hydrogens (tertiary/aromatic N) is 3. The van der Waals surface area contributed by atoms with Crippen LogP contribution in [0, 0.1) is 16.7 Å². The molecular formula is C14H21N3O2. The van der Waals surface area contributed by atoms with Crippen LogP contribution in [0.5, 0.6) is 0 Å². The minimum Gasteiger partial charge on any atom is -0.381 e. The van der Waals surface area contributed by atoms with E-state index < -0.39 is 0 Å². The van der Waals surface area contributed by atoms with Crippen LogP contribution in [-0.4, -0.2) is 23.4 Å². The van der Waals surface area contributed by atoms with Crippen LogP contribution in [0.1, 0.15) is 57.2 Å². The third kappa shape index (κ3) is 3.54. The Morgan fingerprint density at radius 3 is 3.00 bits per heavy atom. The minimum atomic E-state index is -0.0817. The molecule has 1 aromatic heterocycles. The van der Waals surface area contributed by atoms with Gasteiger partial charge in [0.1, 0.15) is 0 Å². The Labute approximate surface area is 113 Å². The lowest BCUT2D eigenvalue weighted by molar-refractivity contribution is 0.0773. The first-order valence-corrected chi connectivity index (χ1v) is 6.94. The Bertz CT molecular complexity index is 446. The molecule has 5 nitrogen and oxygen atoms in total. The molecule has 1 aliphatic heterocycles. The highest BCUT2D eigenvalue weighted by Gasteiger charge is 2.27. The van der Waals surface area contributed by atoms with Crippen LogP contribution in [0.3, 0.4) is 0 Å². The Kier molecular flexibility index (Phi) is 4.54. The summed E-state index contributed by atoms with van der Waals surface area (Å²) in [6.07, 6.45) is 4.20. The third-order valence-corrected chi connectivity index (χ3v) is 3.95. The summed E-state index contributed by atoms with van der Waals surface area (Å²) in [5.41, 5.74) is -0.0817. The summed E-state index contributed by atoms with van der Waals surface area (Å²) in [5.74, 6) is 1.65. The maximum atomic E-state index is 8.89. The van der Waals surface area contributed by atoms with Gasteiger partial charge in [-0.2, -0.15) is 10.2 Å². The summed E-state index contributed by atoms with van der Waals surface area (Å²) in [5, 5.41) is 13.0. The van der Waals surface area contributed by atoms with Gasteiger partial charge in [0.05, 0.1) is 12.7 Å². The molecule has 1 fully saturated rings. The fraction of sp³-hybridized carbons (Fsp3) is 0.786. The Morgan fingerprint density at radius 2 is 2.37 bits per heavy atom. The zero-order chi connectivity index (χ0) is 13.7. The van der Waals surface area contributed by atoms with Crippen molar-refractivity contribution in [1.29, 1.82) is 5.26 Å². The maximum Gasteiger partial charge on any atom is 0.227 e. The van der Waals surface area contributed by atoms with Gasteiger partial charge in [0.2, 0.25) is 5.89 Å². The smallest absolute Gasteiger partial charge is 0.227 e. The van der Waals surface area contributed by atoms with Gasteiger partial charge in [-0.3, -0.25) is 0 Å². The van der Waals surface area contributed by atoms with E-state index in [-0.39, 0.29) is 11.3 Å². The molecule has 0 N–H and O–H groups in total. The van der Waals surface area contributed by atoms with Gasteiger partial charge in [-0.05, 0) is 24.7 Å². The molecule has 1 aromatic rings. The van der Waals surface area contributed by atoms with Crippen molar-refractivity contribution in [2.75, 3.05) is 13.2 Å². The van der Waals surface area contributed by atoms with Crippen molar-refractivity contribution >= 4 is 0 Å². The summed E-state index contributed by atoms with van der Waals surface area (Å²) < 4.78 is 10.8. The van der Waals surface area contributed by atoms with Crippen molar-refractivity contribution in [2.24, 2.45) is 5.41 Å². The quantitative estimate of drug-likeness (QED) is 0.816. The molecule has 0 saturated carbocycles. The second kappa shape index (κ2) is 6.16. The van der Waals surface area contributed by atoms with E-state index in [4.69, 9.17) is 14.5 Å². The largest absolute Gasteiger partial charge is 0.381 e. The van der Waals surface area contributed by atoms with E-state index in [0.29, 0.717) is 25.3 Å². The van der Waals surface area contributed by atoms with Gasteiger partial charge in [0.15, 0.2) is 5.82 Å². The third-order valence-electron chi connectivity index (χ3n) is 3.95. The second-order valence-electron chi connectivity index (χ2n) is 5.64. The van der Waals surface area contributed by atoms with E-state index in [1.165, 1.54) is 0 Å². The number of ether oxygens (including phenoxy) is 1. The zero-order valence-corrected chi connectivity index (χ0v) is 11.7. The molecule has 2 rings (SSSR count). The molecule has 1 saturated heterocycles. The first-order chi connectivity index (χ1) is 9.17. The molecule has 1 aliphatic rings. The van der Waals surface area contributed by atoms with Crippen molar-refractivity contribution in [3.05, 3.63) is 11.7 Å². The van der Waals surface area contributed by atoms with Gasteiger partial charge in [-0.15, -0.1) is 0 Å². The van der Waals surface area contributed by atoms with Crippen molar-refractivity contribution in [3.8, 4) is 6.07 Å². The standard InChI is InChI=1S/C14H21N3O2/c1-3-14(2,6-7-15)9-12-16-13(17-19-12)11-5-4-8-18-10-11/h11H,3-6,8-10H2,1-2H3. The van der Waals surface area contributed by atoms with Crippen LogP contribution in [-0.2, 0) is 11.2 Å². The summed E-state index contributed by atoms with van der Waals surface area (Å²) >= 11 is 0. The van der Waals surface area contributed by atoms with Crippen LogP contribution in [0.4, 0.5) is 0 Å². The molecule has 0 spiro atoms. The van der Waals surface area contributed by atoms with E-state index in [1.807, 2.05) is 0 Å². The van der Waals surface area contributed by atoms with Crippen LogP contribution in [0.2, 0.25) is 0 Å². The molecule has 19 heavy (non-hydrogen) atoms. The summed E-state index contributed by atoms with van der Waals surface area (Å²) in [6, 6.07) is 2.24. The van der Waals surface area contributed by atoms with Crippen molar-refractivity contribution in [1.82, 2.24) is 10.1 Å².